The molecule has 0 spiro atoms. The lowest BCUT2D eigenvalue weighted by Gasteiger charge is -2.21. The Morgan fingerprint density at radius 1 is 1.04 bits per heavy atom. The summed E-state index contributed by atoms with van der Waals surface area (Å²) in [6, 6.07) is 18.8. The van der Waals surface area contributed by atoms with Gasteiger partial charge >= 0.3 is 5.97 Å². The molecule has 1 saturated heterocycles. The number of hydrogen-bond acceptors (Lipinski definition) is 2. The summed E-state index contributed by atoms with van der Waals surface area (Å²) in [5, 5.41) is 9.69. The van der Waals surface area contributed by atoms with Gasteiger partial charge in [-0.15, -0.1) is 0 Å². The Kier molecular flexibility index (Phi) is 4.96. The van der Waals surface area contributed by atoms with Crippen LogP contribution in [0.25, 0.3) is 0 Å². The van der Waals surface area contributed by atoms with E-state index in [1.165, 1.54) is 11.1 Å². The lowest BCUT2D eigenvalue weighted by atomic mass is 9.83. The number of benzene rings is 2. The van der Waals surface area contributed by atoms with E-state index in [1.54, 1.807) is 0 Å². The van der Waals surface area contributed by atoms with E-state index < -0.39 is 5.97 Å². The monoisotopic (exact) mass is 337 g/mol. The van der Waals surface area contributed by atoms with Gasteiger partial charge in [0, 0.05) is 25.6 Å². The molecule has 132 valence electrons. The predicted octanol–water partition coefficient (Wildman–Crippen LogP) is 4.28. The van der Waals surface area contributed by atoms with Crippen LogP contribution >= 0.6 is 0 Å². The van der Waals surface area contributed by atoms with Crippen LogP contribution in [0.2, 0.25) is 0 Å². The second kappa shape index (κ2) is 7.01. The lowest BCUT2D eigenvalue weighted by molar-refractivity contribution is -0.141. The first kappa shape index (κ1) is 17.7. The Hall–Kier alpha value is -2.13. The maximum atomic E-state index is 11.8. The molecule has 0 aliphatic carbocycles. The smallest absolute Gasteiger partial charge is 0.308 e. The van der Waals surface area contributed by atoms with Crippen LogP contribution in [0.1, 0.15) is 43.4 Å². The fourth-order valence-electron chi connectivity index (χ4n) is 3.67. The number of nitrogens with zero attached hydrogens (tertiary/aromatic N) is 1. The number of likely N-dealkylation sites (tertiary alicyclic amines) is 1. The number of hydrogen-bond donors (Lipinski definition) is 1. The highest BCUT2D eigenvalue weighted by Crippen LogP contribution is 2.35. The lowest BCUT2D eigenvalue weighted by Crippen LogP contribution is -2.23. The minimum Gasteiger partial charge on any atom is -0.481 e. The molecule has 2 aromatic carbocycles. The molecule has 2 atom stereocenters. The molecule has 1 heterocycles. The summed E-state index contributed by atoms with van der Waals surface area (Å²) in [6.45, 7) is 8.79. The molecule has 0 bridgehead atoms. The highest BCUT2D eigenvalue weighted by molar-refractivity contribution is 5.72. The van der Waals surface area contributed by atoms with Gasteiger partial charge in [0.1, 0.15) is 0 Å². The molecule has 1 fully saturated rings. The van der Waals surface area contributed by atoms with Crippen LogP contribution in [-0.4, -0.2) is 29.1 Å². The predicted molar refractivity (Wildman–Crippen MR) is 101 cm³/mol. The zero-order valence-corrected chi connectivity index (χ0v) is 15.3. The summed E-state index contributed by atoms with van der Waals surface area (Å²) in [4.78, 5) is 14.0. The second-order valence-electron chi connectivity index (χ2n) is 8.10. The van der Waals surface area contributed by atoms with Crippen LogP contribution in [0, 0.1) is 5.92 Å². The van der Waals surface area contributed by atoms with Gasteiger partial charge in [0.15, 0.2) is 0 Å². The minimum atomic E-state index is -0.694. The highest BCUT2D eigenvalue weighted by atomic mass is 16.4. The Labute approximate surface area is 150 Å². The van der Waals surface area contributed by atoms with Gasteiger partial charge in [0.05, 0.1) is 5.92 Å². The SMILES string of the molecule is CC(C)(C)c1ccc([C@@H]2CN(Cc3ccccc3)C[C@H]2C(=O)O)cc1. The van der Waals surface area contributed by atoms with Crippen LogP contribution in [0.4, 0.5) is 0 Å². The maximum Gasteiger partial charge on any atom is 0.308 e. The summed E-state index contributed by atoms with van der Waals surface area (Å²) in [5.74, 6) is -0.986. The number of carboxylic acids is 1. The summed E-state index contributed by atoms with van der Waals surface area (Å²) in [5.41, 5.74) is 3.76. The third-order valence-corrected chi connectivity index (χ3v) is 5.17. The molecule has 0 radical (unpaired) electrons. The van der Waals surface area contributed by atoms with Crippen molar-refractivity contribution in [3.63, 3.8) is 0 Å². The number of aliphatic carboxylic acids is 1. The molecule has 0 aromatic heterocycles. The van der Waals surface area contributed by atoms with Crippen molar-refractivity contribution in [2.75, 3.05) is 13.1 Å². The summed E-state index contributed by atoms with van der Waals surface area (Å²) < 4.78 is 0. The zero-order valence-electron chi connectivity index (χ0n) is 15.3. The van der Waals surface area contributed by atoms with E-state index in [4.69, 9.17) is 0 Å². The first-order valence-corrected chi connectivity index (χ1v) is 8.94. The third kappa shape index (κ3) is 4.10. The second-order valence-corrected chi connectivity index (χ2v) is 8.10. The summed E-state index contributed by atoms with van der Waals surface area (Å²) >= 11 is 0. The van der Waals surface area contributed by atoms with E-state index in [0.29, 0.717) is 6.54 Å². The van der Waals surface area contributed by atoms with Crippen molar-refractivity contribution in [3.05, 3.63) is 71.3 Å². The van der Waals surface area contributed by atoms with E-state index in [2.05, 4.69) is 62.1 Å². The molecule has 3 heteroatoms. The van der Waals surface area contributed by atoms with Gasteiger partial charge in [-0.1, -0.05) is 75.4 Å². The first-order valence-electron chi connectivity index (χ1n) is 8.94. The normalized spacial score (nSPS) is 21.4. The quantitative estimate of drug-likeness (QED) is 0.905. The van der Waals surface area contributed by atoms with E-state index >= 15 is 0 Å². The van der Waals surface area contributed by atoms with E-state index in [0.717, 1.165) is 18.7 Å². The summed E-state index contributed by atoms with van der Waals surface area (Å²) in [6.07, 6.45) is 0. The fraction of sp³-hybridized carbons (Fsp3) is 0.409. The summed E-state index contributed by atoms with van der Waals surface area (Å²) in [7, 11) is 0. The molecule has 25 heavy (non-hydrogen) atoms. The van der Waals surface area contributed by atoms with Crippen LogP contribution in [-0.2, 0) is 16.8 Å². The van der Waals surface area contributed by atoms with Crippen molar-refractivity contribution < 1.29 is 9.90 Å². The molecule has 2 aromatic rings. The Bertz CT molecular complexity index is 716. The van der Waals surface area contributed by atoms with Gasteiger partial charge in [-0.05, 0) is 22.1 Å². The van der Waals surface area contributed by atoms with E-state index in [9.17, 15) is 9.90 Å². The van der Waals surface area contributed by atoms with Gasteiger partial charge < -0.3 is 5.11 Å². The van der Waals surface area contributed by atoms with Gasteiger partial charge in [0.25, 0.3) is 0 Å². The number of rotatable bonds is 4. The fourth-order valence-corrected chi connectivity index (χ4v) is 3.67. The molecule has 1 N–H and O–H groups in total. The van der Waals surface area contributed by atoms with E-state index in [1.807, 2.05) is 18.2 Å². The van der Waals surface area contributed by atoms with Crippen LogP contribution < -0.4 is 0 Å². The molecule has 3 rings (SSSR count). The van der Waals surface area contributed by atoms with Crippen molar-refractivity contribution in [1.29, 1.82) is 0 Å². The standard InChI is InChI=1S/C22H27NO2/c1-22(2,3)18-11-9-17(10-12-18)19-14-23(15-20(19)21(24)25)13-16-7-5-4-6-8-16/h4-12,19-20H,13-15H2,1-3H3,(H,24,25)/t19-,20+/m0/s1. The topological polar surface area (TPSA) is 40.5 Å². The van der Waals surface area contributed by atoms with Crippen molar-refractivity contribution in [3.8, 4) is 0 Å². The average molecular weight is 337 g/mol. The van der Waals surface area contributed by atoms with Gasteiger partial charge in [-0.2, -0.15) is 0 Å². The molecule has 0 amide bonds. The van der Waals surface area contributed by atoms with Gasteiger partial charge in [0.2, 0.25) is 0 Å². The van der Waals surface area contributed by atoms with Crippen molar-refractivity contribution in [2.45, 2.75) is 38.6 Å². The van der Waals surface area contributed by atoms with Crippen molar-refractivity contribution in [2.24, 2.45) is 5.92 Å². The average Bonchev–Trinajstić information content (AvgIpc) is 2.99. The number of carbonyl (C=O) groups is 1. The Morgan fingerprint density at radius 2 is 1.68 bits per heavy atom. The van der Waals surface area contributed by atoms with Gasteiger partial charge in [-0.25, -0.2) is 0 Å². The third-order valence-electron chi connectivity index (χ3n) is 5.17. The van der Waals surface area contributed by atoms with E-state index in [-0.39, 0.29) is 17.3 Å². The molecule has 0 unspecified atom stereocenters. The Morgan fingerprint density at radius 3 is 2.24 bits per heavy atom. The molecule has 0 saturated carbocycles. The molecule has 1 aliphatic heterocycles. The van der Waals surface area contributed by atoms with Crippen LogP contribution in [0.3, 0.4) is 0 Å². The first-order chi connectivity index (χ1) is 11.8. The minimum absolute atomic E-state index is 0.0511. The van der Waals surface area contributed by atoms with Crippen molar-refractivity contribution in [1.82, 2.24) is 4.90 Å². The maximum absolute atomic E-state index is 11.8. The number of carboxylic acid groups (broad SMARTS) is 1. The zero-order chi connectivity index (χ0) is 18.0. The molecular formula is C22H27NO2. The van der Waals surface area contributed by atoms with Gasteiger partial charge in [-0.3, -0.25) is 9.69 Å². The molecular weight excluding hydrogens is 310 g/mol. The van der Waals surface area contributed by atoms with Crippen LogP contribution in [0.15, 0.2) is 54.6 Å². The highest BCUT2D eigenvalue weighted by Gasteiger charge is 2.38. The van der Waals surface area contributed by atoms with Crippen molar-refractivity contribution >= 4 is 5.97 Å². The van der Waals surface area contributed by atoms with Crippen LogP contribution in [0.5, 0.6) is 0 Å². The largest absolute Gasteiger partial charge is 0.481 e. The molecule has 1 aliphatic rings. The Balaban J connectivity index is 1.78. The molecule has 3 nitrogen and oxygen atoms in total.